The average Bonchev–Trinajstić information content (AvgIpc) is 3.63. The fourth-order valence-electron chi connectivity index (χ4n) is 4.08. The van der Waals surface area contributed by atoms with Gasteiger partial charge in [-0.25, -0.2) is 14.8 Å². The molecule has 1 amide bonds. The number of aromatic nitrogens is 4. The number of piperazine rings is 1. The maximum Gasteiger partial charge on any atom is 0.410 e. The van der Waals surface area contributed by atoms with Gasteiger partial charge >= 0.3 is 6.09 Å². The monoisotopic (exact) mass is 432 g/mol. The van der Waals surface area contributed by atoms with Crippen LogP contribution >= 0.6 is 0 Å². The van der Waals surface area contributed by atoms with Gasteiger partial charge in [0.15, 0.2) is 5.82 Å². The number of ether oxygens (including phenoxy) is 1. The summed E-state index contributed by atoms with van der Waals surface area (Å²) < 4.78 is 5.55. The van der Waals surface area contributed by atoms with E-state index in [0.29, 0.717) is 37.9 Å². The minimum atomic E-state index is -0.497. The fourth-order valence-corrected chi connectivity index (χ4v) is 4.08. The van der Waals surface area contributed by atoms with Gasteiger partial charge in [-0.2, -0.15) is 0 Å². The second-order valence-electron chi connectivity index (χ2n) is 9.46. The Labute approximate surface area is 187 Å². The van der Waals surface area contributed by atoms with Gasteiger partial charge < -0.3 is 14.5 Å². The summed E-state index contributed by atoms with van der Waals surface area (Å²) in [5.74, 6) is 2.12. The zero-order valence-corrected chi connectivity index (χ0v) is 18.8. The van der Waals surface area contributed by atoms with E-state index in [4.69, 9.17) is 14.7 Å². The van der Waals surface area contributed by atoms with E-state index in [-0.39, 0.29) is 6.09 Å². The molecule has 3 aromatic heterocycles. The van der Waals surface area contributed by atoms with Crippen molar-refractivity contribution in [1.82, 2.24) is 24.8 Å². The number of hydrogen-bond acceptors (Lipinski definition) is 7. The van der Waals surface area contributed by atoms with Crippen LogP contribution in [0.3, 0.4) is 0 Å². The molecule has 2 fully saturated rings. The summed E-state index contributed by atoms with van der Waals surface area (Å²) in [4.78, 5) is 35.0. The SMILES string of the molecule is CC(C)(C)OC(=O)N1CCN(c2nc(-c3ccncc3)nc3cncc(C4CC4)c23)CC1. The normalized spacial score (nSPS) is 17.0. The Morgan fingerprint density at radius 3 is 2.38 bits per heavy atom. The zero-order valence-electron chi connectivity index (χ0n) is 18.8. The number of hydrogen-bond donors (Lipinski definition) is 0. The quantitative estimate of drug-likeness (QED) is 0.618. The predicted octanol–water partition coefficient (Wildman–Crippen LogP) is 4.02. The molecule has 2 aliphatic rings. The third kappa shape index (κ3) is 4.22. The van der Waals surface area contributed by atoms with Gasteiger partial charge in [-0.15, -0.1) is 0 Å². The molecule has 0 spiro atoms. The fraction of sp³-hybridized carbons (Fsp3) is 0.458. The molecule has 1 aliphatic heterocycles. The number of pyridine rings is 2. The van der Waals surface area contributed by atoms with Gasteiger partial charge in [-0.3, -0.25) is 9.97 Å². The van der Waals surface area contributed by atoms with E-state index in [1.807, 2.05) is 45.3 Å². The first-order valence-electron chi connectivity index (χ1n) is 11.2. The summed E-state index contributed by atoms with van der Waals surface area (Å²) >= 11 is 0. The highest BCUT2D eigenvalue weighted by Gasteiger charge is 2.31. The van der Waals surface area contributed by atoms with Crippen molar-refractivity contribution >= 4 is 22.8 Å². The Kier molecular flexibility index (Phi) is 5.15. The summed E-state index contributed by atoms with van der Waals surface area (Å²) in [6, 6.07) is 3.84. The molecule has 4 heterocycles. The first kappa shape index (κ1) is 20.6. The molecule has 8 heteroatoms. The number of anilines is 1. The molecule has 0 aromatic carbocycles. The standard InChI is InChI=1S/C24H28N6O2/c1-24(2,3)32-23(31)30-12-10-29(11-13-30)22-20-18(16-4-5-16)14-26-15-19(20)27-21(28-22)17-6-8-25-9-7-17/h6-9,14-16H,4-5,10-13H2,1-3H3. The first-order valence-corrected chi connectivity index (χ1v) is 11.2. The highest BCUT2D eigenvalue weighted by atomic mass is 16.6. The van der Waals surface area contributed by atoms with Crippen LogP contribution in [-0.2, 0) is 4.74 Å². The van der Waals surface area contributed by atoms with Gasteiger partial charge in [0.2, 0.25) is 0 Å². The lowest BCUT2D eigenvalue weighted by molar-refractivity contribution is 0.0240. The van der Waals surface area contributed by atoms with E-state index in [2.05, 4.69) is 14.9 Å². The molecule has 8 nitrogen and oxygen atoms in total. The van der Waals surface area contributed by atoms with Gasteiger partial charge in [-0.05, 0) is 57.2 Å². The molecule has 166 valence electrons. The van der Waals surface area contributed by atoms with Crippen LogP contribution in [0.2, 0.25) is 0 Å². The lowest BCUT2D eigenvalue weighted by atomic mass is 10.1. The number of carbonyl (C=O) groups excluding carboxylic acids is 1. The van der Waals surface area contributed by atoms with Gasteiger partial charge in [0.05, 0.1) is 11.7 Å². The maximum atomic E-state index is 12.5. The topological polar surface area (TPSA) is 84.3 Å². The second-order valence-corrected chi connectivity index (χ2v) is 9.46. The van der Waals surface area contributed by atoms with E-state index in [9.17, 15) is 4.79 Å². The number of fused-ring (bicyclic) bond motifs is 1. The molecule has 0 unspecified atom stereocenters. The summed E-state index contributed by atoms with van der Waals surface area (Å²) in [5, 5.41) is 1.09. The van der Waals surface area contributed by atoms with Gasteiger partial charge in [0, 0.05) is 55.7 Å². The molecule has 0 atom stereocenters. The van der Waals surface area contributed by atoms with Crippen molar-refractivity contribution in [3.05, 3.63) is 42.5 Å². The van der Waals surface area contributed by atoms with E-state index < -0.39 is 5.60 Å². The molecule has 5 rings (SSSR count). The molecular formula is C24H28N6O2. The van der Waals surface area contributed by atoms with Crippen LogP contribution in [0.1, 0.15) is 45.1 Å². The molecule has 1 saturated carbocycles. The number of rotatable bonds is 3. The Bertz CT molecular complexity index is 1130. The van der Waals surface area contributed by atoms with Crippen LogP contribution in [0.15, 0.2) is 36.9 Å². The smallest absolute Gasteiger partial charge is 0.410 e. The molecule has 1 saturated heterocycles. The van der Waals surface area contributed by atoms with Crippen molar-refractivity contribution in [2.75, 3.05) is 31.1 Å². The lowest BCUT2D eigenvalue weighted by Crippen LogP contribution is -2.50. The van der Waals surface area contributed by atoms with Gasteiger partial charge in [0.25, 0.3) is 0 Å². The van der Waals surface area contributed by atoms with Crippen LogP contribution in [0, 0.1) is 0 Å². The van der Waals surface area contributed by atoms with Crippen molar-refractivity contribution in [3.63, 3.8) is 0 Å². The van der Waals surface area contributed by atoms with Gasteiger partial charge in [-0.1, -0.05) is 0 Å². The summed E-state index contributed by atoms with van der Waals surface area (Å²) in [6.07, 6.45) is 9.40. The minimum absolute atomic E-state index is 0.259. The third-order valence-electron chi connectivity index (χ3n) is 5.80. The van der Waals surface area contributed by atoms with Crippen molar-refractivity contribution in [2.24, 2.45) is 0 Å². The molecular weight excluding hydrogens is 404 g/mol. The van der Waals surface area contributed by atoms with Crippen LogP contribution in [0.25, 0.3) is 22.3 Å². The van der Waals surface area contributed by atoms with E-state index in [0.717, 1.165) is 22.3 Å². The summed E-state index contributed by atoms with van der Waals surface area (Å²) in [6.45, 7) is 8.23. The summed E-state index contributed by atoms with van der Waals surface area (Å²) in [5.41, 5.74) is 2.52. The zero-order chi connectivity index (χ0) is 22.3. The van der Waals surface area contributed by atoms with Crippen LogP contribution < -0.4 is 4.90 Å². The minimum Gasteiger partial charge on any atom is -0.444 e. The maximum absolute atomic E-state index is 12.5. The predicted molar refractivity (Wildman–Crippen MR) is 123 cm³/mol. The van der Waals surface area contributed by atoms with Crippen molar-refractivity contribution in [1.29, 1.82) is 0 Å². The van der Waals surface area contributed by atoms with Crippen molar-refractivity contribution in [2.45, 2.75) is 45.1 Å². The third-order valence-corrected chi connectivity index (χ3v) is 5.80. The Morgan fingerprint density at radius 1 is 1.00 bits per heavy atom. The Hall–Kier alpha value is -3.29. The average molecular weight is 433 g/mol. The van der Waals surface area contributed by atoms with Crippen LogP contribution in [-0.4, -0.2) is 62.7 Å². The Morgan fingerprint density at radius 2 is 1.72 bits per heavy atom. The molecule has 0 bridgehead atoms. The van der Waals surface area contributed by atoms with E-state index >= 15 is 0 Å². The number of carbonyl (C=O) groups is 1. The van der Waals surface area contributed by atoms with Crippen LogP contribution in [0.4, 0.5) is 10.6 Å². The summed E-state index contributed by atoms with van der Waals surface area (Å²) in [7, 11) is 0. The molecule has 32 heavy (non-hydrogen) atoms. The molecule has 0 N–H and O–H groups in total. The van der Waals surface area contributed by atoms with Crippen molar-refractivity contribution in [3.8, 4) is 11.4 Å². The molecule has 3 aromatic rings. The lowest BCUT2D eigenvalue weighted by Gasteiger charge is -2.36. The first-order chi connectivity index (χ1) is 15.4. The molecule has 1 aliphatic carbocycles. The largest absolute Gasteiger partial charge is 0.444 e. The Balaban J connectivity index is 1.49. The van der Waals surface area contributed by atoms with Crippen LogP contribution in [0.5, 0.6) is 0 Å². The van der Waals surface area contributed by atoms with Gasteiger partial charge in [0.1, 0.15) is 11.4 Å². The second kappa shape index (κ2) is 8.00. The highest BCUT2D eigenvalue weighted by Crippen LogP contribution is 2.44. The number of amides is 1. The highest BCUT2D eigenvalue weighted by molar-refractivity contribution is 5.94. The van der Waals surface area contributed by atoms with Crippen molar-refractivity contribution < 1.29 is 9.53 Å². The number of nitrogens with zero attached hydrogens (tertiary/aromatic N) is 6. The van der Waals surface area contributed by atoms with E-state index in [1.165, 1.54) is 18.4 Å². The molecule has 0 radical (unpaired) electrons. The van der Waals surface area contributed by atoms with E-state index in [1.54, 1.807) is 17.3 Å².